The highest BCUT2D eigenvalue weighted by Gasteiger charge is 2.41. The van der Waals surface area contributed by atoms with Crippen molar-refractivity contribution in [1.29, 1.82) is 0 Å². The number of carbonyl (C=O) groups is 2. The monoisotopic (exact) mass is 373 g/mol. The number of benzene rings is 1. The Morgan fingerprint density at radius 3 is 2.80 bits per heavy atom. The van der Waals surface area contributed by atoms with E-state index in [1.165, 1.54) is 6.07 Å². The minimum Gasteiger partial charge on any atom is -0.324 e. The summed E-state index contributed by atoms with van der Waals surface area (Å²) in [5.41, 5.74) is 1.15. The fourth-order valence-electron chi connectivity index (χ4n) is 2.28. The summed E-state index contributed by atoms with van der Waals surface area (Å²) >= 11 is 5.97. The molecule has 0 radical (unpaired) electrons. The first kappa shape index (κ1) is 17.2. The second-order valence-electron chi connectivity index (χ2n) is 5.42. The molecule has 132 valence electrons. The normalized spacial score (nSPS) is 17.0. The topological polar surface area (TPSA) is 88.9 Å². The quantitative estimate of drug-likeness (QED) is 0.847. The maximum absolute atomic E-state index is 12.8. The molecular formula is C14H11ClF3N5O2. The number of alkyl halides is 3. The number of fused-ring (bicyclic) bond motifs is 1. The van der Waals surface area contributed by atoms with Crippen molar-refractivity contribution in [2.45, 2.75) is 25.6 Å². The van der Waals surface area contributed by atoms with Gasteiger partial charge in [-0.1, -0.05) is 17.7 Å². The first-order chi connectivity index (χ1) is 11.6. The molecule has 1 aromatic carbocycles. The van der Waals surface area contributed by atoms with Crippen LogP contribution in [-0.2, 0) is 15.8 Å². The molecule has 2 amide bonds. The average molecular weight is 374 g/mol. The lowest BCUT2D eigenvalue weighted by Crippen LogP contribution is -2.36. The molecule has 0 aliphatic carbocycles. The van der Waals surface area contributed by atoms with Crippen molar-refractivity contribution in [3.05, 3.63) is 34.6 Å². The van der Waals surface area contributed by atoms with Crippen LogP contribution in [0.4, 0.5) is 24.8 Å². The number of aromatic nitrogens is 3. The summed E-state index contributed by atoms with van der Waals surface area (Å²) in [7, 11) is 0. The molecule has 2 heterocycles. The highest BCUT2D eigenvalue weighted by Crippen LogP contribution is 2.31. The predicted molar refractivity (Wildman–Crippen MR) is 82.1 cm³/mol. The van der Waals surface area contributed by atoms with Gasteiger partial charge < -0.3 is 5.32 Å². The van der Waals surface area contributed by atoms with Gasteiger partial charge in [-0.25, -0.2) is 4.68 Å². The van der Waals surface area contributed by atoms with Gasteiger partial charge in [-0.3, -0.25) is 14.9 Å². The number of amides is 2. The van der Waals surface area contributed by atoms with Gasteiger partial charge in [-0.15, -0.1) is 5.10 Å². The van der Waals surface area contributed by atoms with Crippen molar-refractivity contribution in [1.82, 2.24) is 14.8 Å². The van der Waals surface area contributed by atoms with Gasteiger partial charge in [0.1, 0.15) is 6.04 Å². The van der Waals surface area contributed by atoms with Crippen LogP contribution in [0, 0.1) is 6.92 Å². The zero-order valence-corrected chi connectivity index (χ0v) is 13.4. The molecular weight excluding hydrogens is 363 g/mol. The van der Waals surface area contributed by atoms with Gasteiger partial charge >= 0.3 is 6.18 Å². The minimum atomic E-state index is -4.79. The Kier molecular flexibility index (Phi) is 4.15. The largest absolute Gasteiger partial charge is 0.453 e. The number of hydrogen-bond acceptors (Lipinski definition) is 4. The molecule has 3 rings (SSSR count). The Hall–Kier alpha value is -2.62. The van der Waals surface area contributed by atoms with E-state index in [2.05, 4.69) is 20.7 Å². The predicted octanol–water partition coefficient (Wildman–Crippen LogP) is 2.78. The standard InChI is InChI=1S/C14H11ClF3N5O2/c1-6-2-3-7(4-8(6)15)19-11(25)9-5-10(24)20-13-21-12(14(16,17)18)22-23(9)13/h2-4,9H,5H2,1H3,(H,19,25)(H,20,21,22,24). The van der Waals surface area contributed by atoms with Crippen LogP contribution in [0.3, 0.4) is 0 Å². The summed E-state index contributed by atoms with van der Waals surface area (Å²) in [6.07, 6.45) is -5.15. The van der Waals surface area contributed by atoms with Gasteiger partial charge in [0.05, 0.1) is 6.42 Å². The third-order valence-electron chi connectivity index (χ3n) is 3.55. The fraction of sp³-hybridized carbons (Fsp3) is 0.286. The number of anilines is 2. The lowest BCUT2D eigenvalue weighted by molar-refractivity contribution is -0.145. The average Bonchev–Trinajstić information content (AvgIpc) is 2.94. The molecule has 1 aliphatic rings. The van der Waals surface area contributed by atoms with Crippen LogP contribution in [0.2, 0.25) is 5.02 Å². The zero-order chi connectivity index (χ0) is 18.4. The first-order valence-electron chi connectivity index (χ1n) is 7.06. The number of nitrogens with zero attached hydrogens (tertiary/aromatic N) is 3. The highest BCUT2D eigenvalue weighted by atomic mass is 35.5. The van der Waals surface area contributed by atoms with Crippen molar-refractivity contribution >= 4 is 35.1 Å². The van der Waals surface area contributed by atoms with Gasteiger partial charge in [0.25, 0.3) is 5.82 Å². The van der Waals surface area contributed by atoms with Crippen LogP contribution in [-0.4, -0.2) is 26.6 Å². The van der Waals surface area contributed by atoms with Crippen molar-refractivity contribution in [2.24, 2.45) is 0 Å². The molecule has 0 bridgehead atoms. The zero-order valence-electron chi connectivity index (χ0n) is 12.7. The molecule has 0 saturated heterocycles. The number of nitrogens with one attached hydrogen (secondary N) is 2. The van der Waals surface area contributed by atoms with Crippen LogP contribution in [0.25, 0.3) is 0 Å². The van der Waals surface area contributed by atoms with E-state index in [0.717, 1.165) is 10.2 Å². The second kappa shape index (κ2) is 6.03. The lowest BCUT2D eigenvalue weighted by atomic mass is 10.1. The first-order valence-corrected chi connectivity index (χ1v) is 7.43. The maximum Gasteiger partial charge on any atom is 0.453 e. The number of halogens is 4. The molecule has 1 aromatic heterocycles. The molecule has 1 atom stereocenters. The Morgan fingerprint density at radius 2 is 2.16 bits per heavy atom. The molecule has 0 saturated carbocycles. The molecule has 0 spiro atoms. The molecule has 7 nitrogen and oxygen atoms in total. The lowest BCUT2D eigenvalue weighted by Gasteiger charge is -2.22. The van der Waals surface area contributed by atoms with E-state index in [1.54, 1.807) is 19.1 Å². The maximum atomic E-state index is 12.8. The second-order valence-corrected chi connectivity index (χ2v) is 5.83. The summed E-state index contributed by atoms with van der Waals surface area (Å²) < 4.78 is 39.0. The molecule has 0 fully saturated rings. The molecule has 25 heavy (non-hydrogen) atoms. The Bertz CT molecular complexity index is 865. The summed E-state index contributed by atoms with van der Waals surface area (Å²) in [4.78, 5) is 27.3. The number of rotatable bonds is 2. The van der Waals surface area contributed by atoms with Crippen LogP contribution in [0.15, 0.2) is 18.2 Å². The van der Waals surface area contributed by atoms with Crippen LogP contribution >= 0.6 is 11.6 Å². The van der Waals surface area contributed by atoms with E-state index in [-0.39, 0.29) is 6.42 Å². The summed E-state index contributed by atoms with van der Waals surface area (Å²) in [6, 6.07) is 3.51. The van der Waals surface area contributed by atoms with E-state index in [9.17, 15) is 22.8 Å². The van der Waals surface area contributed by atoms with Crippen molar-refractivity contribution in [2.75, 3.05) is 10.6 Å². The Labute approximate surface area is 144 Å². The van der Waals surface area contributed by atoms with Crippen LogP contribution in [0.1, 0.15) is 23.9 Å². The van der Waals surface area contributed by atoms with Crippen molar-refractivity contribution in [3.8, 4) is 0 Å². The van der Waals surface area contributed by atoms with Crippen molar-refractivity contribution in [3.63, 3.8) is 0 Å². The number of hydrogen-bond donors (Lipinski definition) is 2. The Morgan fingerprint density at radius 1 is 1.44 bits per heavy atom. The van der Waals surface area contributed by atoms with E-state index in [0.29, 0.717) is 10.7 Å². The Balaban J connectivity index is 1.89. The van der Waals surface area contributed by atoms with E-state index >= 15 is 0 Å². The van der Waals surface area contributed by atoms with Gasteiger partial charge in [-0.05, 0) is 24.6 Å². The smallest absolute Gasteiger partial charge is 0.324 e. The van der Waals surface area contributed by atoms with E-state index in [1.807, 2.05) is 0 Å². The van der Waals surface area contributed by atoms with Gasteiger partial charge in [0.15, 0.2) is 0 Å². The van der Waals surface area contributed by atoms with Crippen LogP contribution < -0.4 is 10.6 Å². The molecule has 1 aliphatic heterocycles. The van der Waals surface area contributed by atoms with E-state index in [4.69, 9.17) is 11.6 Å². The summed E-state index contributed by atoms with van der Waals surface area (Å²) in [6.45, 7) is 1.78. The number of aryl methyl sites for hydroxylation is 1. The fourth-order valence-corrected chi connectivity index (χ4v) is 2.46. The third kappa shape index (κ3) is 3.43. The summed E-state index contributed by atoms with van der Waals surface area (Å²) in [5.74, 6) is -3.18. The van der Waals surface area contributed by atoms with Gasteiger partial charge in [0, 0.05) is 10.7 Å². The van der Waals surface area contributed by atoms with Crippen molar-refractivity contribution < 1.29 is 22.8 Å². The third-order valence-corrected chi connectivity index (χ3v) is 3.96. The SMILES string of the molecule is Cc1ccc(NC(=O)C2CC(=O)Nc3nc(C(F)(F)F)nn32)cc1Cl. The van der Waals surface area contributed by atoms with Crippen LogP contribution in [0.5, 0.6) is 0 Å². The number of carbonyl (C=O) groups excluding carboxylic acids is 2. The van der Waals surface area contributed by atoms with Gasteiger partial charge in [0.2, 0.25) is 17.8 Å². The molecule has 2 N–H and O–H groups in total. The van der Waals surface area contributed by atoms with Gasteiger partial charge in [-0.2, -0.15) is 18.2 Å². The van der Waals surface area contributed by atoms with E-state index < -0.39 is 35.8 Å². The minimum absolute atomic E-state index is 0.351. The molecule has 1 unspecified atom stereocenters. The highest BCUT2D eigenvalue weighted by molar-refractivity contribution is 6.31. The molecule has 11 heteroatoms. The molecule has 2 aromatic rings. The summed E-state index contributed by atoms with van der Waals surface area (Å²) in [5, 5.41) is 8.41.